The minimum absolute atomic E-state index is 0.0221. The van der Waals surface area contributed by atoms with Crippen LogP contribution in [0.2, 0.25) is 0 Å². The predicted molar refractivity (Wildman–Crippen MR) is 164 cm³/mol. The van der Waals surface area contributed by atoms with Crippen LogP contribution in [0.3, 0.4) is 0 Å². The molecule has 3 rings (SSSR count). The lowest BCUT2D eigenvalue weighted by Gasteiger charge is -2.40. The van der Waals surface area contributed by atoms with Crippen LogP contribution in [0.25, 0.3) is 0 Å². The normalized spacial score (nSPS) is 16.8. The Balaban J connectivity index is 1.65. The smallest absolute Gasteiger partial charge is 0.410 e. The van der Waals surface area contributed by atoms with E-state index in [-0.39, 0.29) is 30.0 Å². The molecule has 1 heterocycles. The summed E-state index contributed by atoms with van der Waals surface area (Å²) in [4.78, 5) is 30.7. The van der Waals surface area contributed by atoms with Crippen LogP contribution >= 0.6 is 0 Å². The molecular weight excluding hydrogens is 534 g/mol. The standard InChI is InChI=1S/C33H49N3O6/c1-24(2)21-35(22-26-11-8-7-9-12-26)33(38)42-23-27-17-29(20-34-19-27)36(25(3)4)32(37)28-13-14-30(40-6)31(18-28)41-16-10-15-39-5/h7-9,11-14,18,24-25,27,29,34H,10,15-17,19-23H2,1-6H3/t27-,29+/m0/s1. The van der Waals surface area contributed by atoms with Crippen LogP contribution in [0.15, 0.2) is 48.5 Å². The molecule has 0 saturated carbocycles. The number of hydrogen-bond acceptors (Lipinski definition) is 7. The van der Waals surface area contributed by atoms with E-state index in [0.29, 0.717) is 62.4 Å². The fraction of sp³-hybridized carbons (Fsp3) is 0.576. The number of nitrogens with one attached hydrogen (secondary N) is 1. The van der Waals surface area contributed by atoms with E-state index in [9.17, 15) is 9.59 Å². The van der Waals surface area contributed by atoms with Gasteiger partial charge in [0.05, 0.1) is 20.3 Å². The third kappa shape index (κ3) is 9.91. The Kier molecular flexibility index (Phi) is 13.4. The summed E-state index contributed by atoms with van der Waals surface area (Å²) in [7, 11) is 3.24. The maximum atomic E-state index is 13.8. The fourth-order valence-corrected chi connectivity index (χ4v) is 5.35. The first kappa shape index (κ1) is 33.2. The molecule has 0 radical (unpaired) electrons. The highest BCUT2D eigenvalue weighted by molar-refractivity contribution is 5.95. The van der Waals surface area contributed by atoms with Gasteiger partial charge in [0, 0.05) is 69.9 Å². The first-order valence-corrected chi connectivity index (χ1v) is 15.0. The second kappa shape index (κ2) is 17.0. The summed E-state index contributed by atoms with van der Waals surface area (Å²) in [5, 5.41) is 3.47. The van der Waals surface area contributed by atoms with Crippen LogP contribution in [0.5, 0.6) is 11.5 Å². The zero-order chi connectivity index (χ0) is 30.5. The SMILES string of the molecule is COCCCOc1cc(C(=O)N(C(C)C)[C@H]2CNC[C@@H](COC(=O)N(Cc3ccccc3)CC(C)C)C2)ccc1OC. The van der Waals surface area contributed by atoms with Crippen molar-refractivity contribution >= 4 is 12.0 Å². The molecule has 2 aromatic carbocycles. The minimum Gasteiger partial charge on any atom is -0.493 e. The van der Waals surface area contributed by atoms with Crippen LogP contribution in [0.1, 0.15) is 56.5 Å². The number of hydrogen-bond donors (Lipinski definition) is 1. The highest BCUT2D eigenvalue weighted by Gasteiger charge is 2.33. The molecule has 9 nitrogen and oxygen atoms in total. The lowest BCUT2D eigenvalue weighted by Crippen LogP contribution is -2.54. The zero-order valence-electron chi connectivity index (χ0n) is 26.1. The van der Waals surface area contributed by atoms with Crippen molar-refractivity contribution < 1.29 is 28.5 Å². The molecule has 0 unspecified atom stereocenters. The topological polar surface area (TPSA) is 89.6 Å². The first-order valence-electron chi connectivity index (χ1n) is 15.0. The van der Waals surface area contributed by atoms with Gasteiger partial charge >= 0.3 is 6.09 Å². The van der Waals surface area contributed by atoms with Crippen LogP contribution in [0.4, 0.5) is 4.79 Å². The minimum atomic E-state index is -0.303. The van der Waals surface area contributed by atoms with Gasteiger partial charge in [-0.3, -0.25) is 4.79 Å². The van der Waals surface area contributed by atoms with Gasteiger partial charge < -0.3 is 34.1 Å². The number of benzene rings is 2. The molecule has 232 valence electrons. The van der Waals surface area contributed by atoms with E-state index in [4.69, 9.17) is 18.9 Å². The molecule has 0 bridgehead atoms. The second-order valence-electron chi connectivity index (χ2n) is 11.6. The predicted octanol–water partition coefficient (Wildman–Crippen LogP) is 5.23. The van der Waals surface area contributed by atoms with E-state index in [1.165, 1.54) is 0 Å². The Bertz CT molecular complexity index is 1110. The molecule has 1 aliphatic heterocycles. The number of carbonyl (C=O) groups is 2. The Morgan fingerprint density at radius 2 is 1.74 bits per heavy atom. The fourth-order valence-electron chi connectivity index (χ4n) is 5.35. The molecular formula is C33H49N3O6. The molecule has 1 saturated heterocycles. The molecule has 42 heavy (non-hydrogen) atoms. The van der Waals surface area contributed by atoms with E-state index in [1.54, 1.807) is 37.3 Å². The first-order chi connectivity index (χ1) is 20.2. The van der Waals surface area contributed by atoms with Crippen molar-refractivity contribution in [3.05, 3.63) is 59.7 Å². The molecule has 1 fully saturated rings. The maximum absolute atomic E-state index is 13.8. The second-order valence-corrected chi connectivity index (χ2v) is 11.6. The molecule has 2 atom stereocenters. The summed E-state index contributed by atoms with van der Waals surface area (Å²) in [6, 6.07) is 15.2. The van der Waals surface area contributed by atoms with Crippen molar-refractivity contribution in [3.8, 4) is 11.5 Å². The van der Waals surface area contributed by atoms with Crippen molar-refractivity contribution in [1.82, 2.24) is 15.1 Å². The number of carbonyl (C=O) groups excluding carboxylic acids is 2. The number of rotatable bonds is 15. The number of ether oxygens (including phenoxy) is 4. The van der Waals surface area contributed by atoms with Gasteiger partial charge in [0.15, 0.2) is 11.5 Å². The quantitative estimate of drug-likeness (QED) is 0.287. The van der Waals surface area contributed by atoms with Gasteiger partial charge in [-0.05, 0) is 49.9 Å². The summed E-state index contributed by atoms with van der Waals surface area (Å²) < 4.78 is 22.3. The molecule has 0 aliphatic carbocycles. The number of nitrogens with zero attached hydrogens (tertiary/aromatic N) is 2. The van der Waals surface area contributed by atoms with Crippen molar-refractivity contribution in [2.24, 2.45) is 11.8 Å². The number of methoxy groups -OCH3 is 2. The van der Waals surface area contributed by atoms with Crippen molar-refractivity contribution in [2.45, 2.75) is 59.2 Å². The molecule has 0 aromatic heterocycles. The lowest BCUT2D eigenvalue weighted by molar-refractivity contribution is 0.0429. The van der Waals surface area contributed by atoms with Crippen LogP contribution in [-0.4, -0.2) is 87.6 Å². The average molecular weight is 584 g/mol. The Morgan fingerprint density at radius 3 is 2.40 bits per heavy atom. The largest absolute Gasteiger partial charge is 0.493 e. The highest BCUT2D eigenvalue weighted by atomic mass is 16.6. The van der Waals surface area contributed by atoms with Gasteiger partial charge in [-0.25, -0.2) is 4.79 Å². The van der Waals surface area contributed by atoms with Crippen LogP contribution in [0, 0.1) is 11.8 Å². The van der Waals surface area contributed by atoms with E-state index in [2.05, 4.69) is 19.2 Å². The monoisotopic (exact) mass is 583 g/mol. The van der Waals surface area contributed by atoms with E-state index >= 15 is 0 Å². The Hall–Kier alpha value is -3.30. The van der Waals surface area contributed by atoms with Gasteiger partial charge in [0.25, 0.3) is 5.91 Å². The molecule has 1 N–H and O–H groups in total. The Labute approximate surface area is 251 Å². The summed E-state index contributed by atoms with van der Waals surface area (Å²) >= 11 is 0. The Morgan fingerprint density at radius 1 is 0.976 bits per heavy atom. The highest BCUT2D eigenvalue weighted by Crippen LogP contribution is 2.30. The molecule has 9 heteroatoms. The third-order valence-corrected chi connectivity index (χ3v) is 7.27. The maximum Gasteiger partial charge on any atom is 0.410 e. The van der Waals surface area contributed by atoms with E-state index < -0.39 is 0 Å². The number of piperidine rings is 1. The number of amides is 2. The summed E-state index contributed by atoms with van der Waals surface area (Å²) in [5.41, 5.74) is 1.62. The van der Waals surface area contributed by atoms with Crippen molar-refractivity contribution in [2.75, 3.05) is 53.7 Å². The summed E-state index contributed by atoms with van der Waals surface area (Å²) in [5.74, 6) is 1.47. The van der Waals surface area contributed by atoms with Crippen LogP contribution in [-0.2, 0) is 16.0 Å². The van der Waals surface area contributed by atoms with Gasteiger partial charge in [-0.1, -0.05) is 44.2 Å². The zero-order valence-corrected chi connectivity index (χ0v) is 26.1. The lowest BCUT2D eigenvalue weighted by atomic mass is 9.94. The molecule has 2 aromatic rings. The van der Waals surface area contributed by atoms with Gasteiger partial charge in [0.2, 0.25) is 0 Å². The van der Waals surface area contributed by atoms with Gasteiger partial charge in [-0.2, -0.15) is 0 Å². The third-order valence-electron chi connectivity index (χ3n) is 7.27. The van der Waals surface area contributed by atoms with Crippen molar-refractivity contribution in [3.63, 3.8) is 0 Å². The van der Waals surface area contributed by atoms with E-state index in [1.807, 2.05) is 49.1 Å². The van der Waals surface area contributed by atoms with Crippen molar-refractivity contribution in [1.29, 1.82) is 0 Å². The van der Waals surface area contributed by atoms with Gasteiger partial charge in [0.1, 0.15) is 0 Å². The summed E-state index contributed by atoms with van der Waals surface area (Å²) in [6.45, 7) is 12.1. The average Bonchev–Trinajstić information content (AvgIpc) is 2.98. The van der Waals surface area contributed by atoms with Crippen LogP contribution < -0.4 is 14.8 Å². The van der Waals surface area contributed by atoms with Gasteiger partial charge in [-0.15, -0.1) is 0 Å². The molecule has 1 aliphatic rings. The molecule has 0 spiro atoms. The van der Waals surface area contributed by atoms with E-state index in [0.717, 1.165) is 24.9 Å². The molecule has 2 amide bonds. The summed E-state index contributed by atoms with van der Waals surface area (Å²) in [6.07, 6.45) is 1.17.